The van der Waals surface area contributed by atoms with E-state index in [-0.39, 0.29) is 17.8 Å². The predicted octanol–water partition coefficient (Wildman–Crippen LogP) is 2.63. The van der Waals surface area contributed by atoms with Gasteiger partial charge in [0, 0.05) is 11.2 Å². The third-order valence-corrected chi connectivity index (χ3v) is 4.08. The minimum Gasteiger partial charge on any atom is -0.319 e. The summed E-state index contributed by atoms with van der Waals surface area (Å²) in [6, 6.07) is 12.3. The van der Waals surface area contributed by atoms with E-state index in [1.54, 1.807) is 30.3 Å². The van der Waals surface area contributed by atoms with Gasteiger partial charge in [-0.2, -0.15) is 0 Å². The molecule has 0 aliphatic rings. The maximum absolute atomic E-state index is 13.7. The number of halogens is 2. The van der Waals surface area contributed by atoms with Gasteiger partial charge in [0.1, 0.15) is 11.4 Å². The summed E-state index contributed by atoms with van der Waals surface area (Å²) in [5.74, 6) is -1.47. The van der Waals surface area contributed by atoms with Gasteiger partial charge in [0.15, 0.2) is 0 Å². The molecule has 0 aliphatic carbocycles. The van der Waals surface area contributed by atoms with E-state index in [0.717, 1.165) is 10.8 Å². The lowest BCUT2D eigenvalue weighted by Crippen LogP contribution is -2.39. The molecule has 1 aromatic heterocycles. The number of anilines is 1. The molecule has 3 aromatic rings. The van der Waals surface area contributed by atoms with Crippen molar-refractivity contribution in [1.82, 2.24) is 9.55 Å². The molecule has 1 amide bonds. The van der Waals surface area contributed by atoms with Crippen LogP contribution in [0.5, 0.6) is 0 Å². The van der Waals surface area contributed by atoms with E-state index >= 15 is 0 Å². The summed E-state index contributed by atoms with van der Waals surface area (Å²) >= 11 is 6.06. The Morgan fingerprint density at radius 2 is 1.81 bits per heavy atom. The topological polar surface area (TPSA) is 84.0 Å². The van der Waals surface area contributed by atoms with Crippen molar-refractivity contribution in [2.75, 3.05) is 5.32 Å². The summed E-state index contributed by atoms with van der Waals surface area (Å²) < 4.78 is 14.5. The van der Waals surface area contributed by atoms with E-state index in [0.29, 0.717) is 10.6 Å². The van der Waals surface area contributed by atoms with E-state index in [2.05, 4.69) is 10.3 Å². The molecule has 0 radical (unpaired) electrons. The predicted molar refractivity (Wildman–Crippen MR) is 96.2 cm³/mol. The lowest BCUT2D eigenvalue weighted by atomic mass is 10.2. The van der Waals surface area contributed by atoms with Crippen molar-refractivity contribution in [1.29, 1.82) is 0 Å². The number of H-pyrrole nitrogens is 1. The highest BCUT2D eigenvalue weighted by atomic mass is 35.5. The molecule has 2 N–H and O–H groups in total. The van der Waals surface area contributed by atoms with E-state index in [9.17, 15) is 18.8 Å². The first-order chi connectivity index (χ1) is 12.5. The number of nitrogens with one attached hydrogen (secondary N) is 2. The smallest absolute Gasteiger partial charge is 0.319 e. The van der Waals surface area contributed by atoms with Crippen LogP contribution in [0.2, 0.25) is 5.02 Å². The second-order valence-corrected chi connectivity index (χ2v) is 5.83. The van der Waals surface area contributed by atoms with Crippen molar-refractivity contribution in [3.63, 3.8) is 0 Å². The van der Waals surface area contributed by atoms with Gasteiger partial charge in [0.25, 0.3) is 11.5 Å². The van der Waals surface area contributed by atoms with Crippen molar-refractivity contribution >= 4 is 23.2 Å². The van der Waals surface area contributed by atoms with Gasteiger partial charge in [0.2, 0.25) is 0 Å². The van der Waals surface area contributed by atoms with Crippen LogP contribution in [-0.4, -0.2) is 15.5 Å². The highest BCUT2D eigenvalue weighted by molar-refractivity contribution is 6.31. The molecule has 0 saturated heterocycles. The van der Waals surface area contributed by atoms with Crippen molar-refractivity contribution in [3.05, 3.63) is 97.5 Å². The fraction of sp³-hybridized carbons (Fsp3) is 0.0556. The Morgan fingerprint density at radius 1 is 1.12 bits per heavy atom. The number of benzene rings is 2. The van der Waals surface area contributed by atoms with Crippen molar-refractivity contribution in [2.45, 2.75) is 6.54 Å². The molecule has 3 rings (SSSR count). The molecule has 8 heteroatoms. The maximum Gasteiger partial charge on any atom is 0.328 e. The third-order valence-electron chi connectivity index (χ3n) is 3.71. The standard InChI is InChI=1S/C18H13ClFN3O3/c19-13-6-2-1-5-11(13)10-23-17(25)12(9-21-18(23)26)16(24)22-15-8-4-3-7-14(15)20/h1-9H,10H2,(H,21,26)(H,22,24). The number of carbonyl (C=O) groups excluding carboxylic acids is 1. The molecular formula is C18H13ClFN3O3. The SMILES string of the molecule is O=C(Nc1ccccc1F)c1c[nH]c(=O)n(Cc2ccccc2Cl)c1=O. The van der Waals surface area contributed by atoms with Crippen LogP contribution in [0.3, 0.4) is 0 Å². The van der Waals surface area contributed by atoms with Crippen LogP contribution in [-0.2, 0) is 6.54 Å². The van der Waals surface area contributed by atoms with Gasteiger partial charge >= 0.3 is 5.69 Å². The van der Waals surface area contributed by atoms with Crippen molar-refractivity contribution < 1.29 is 9.18 Å². The summed E-state index contributed by atoms with van der Waals surface area (Å²) in [6.07, 6.45) is 1.00. The molecule has 0 fully saturated rings. The molecule has 0 saturated carbocycles. The molecule has 1 heterocycles. The quantitative estimate of drug-likeness (QED) is 0.737. The second-order valence-electron chi connectivity index (χ2n) is 5.42. The van der Waals surface area contributed by atoms with Crippen LogP contribution in [0.25, 0.3) is 0 Å². The van der Waals surface area contributed by atoms with Gasteiger partial charge in [0.05, 0.1) is 12.2 Å². The first kappa shape index (κ1) is 17.6. The number of hydrogen-bond donors (Lipinski definition) is 2. The number of nitrogens with zero attached hydrogens (tertiary/aromatic N) is 1. The Morgan fingerprint density at radius 3 is 2.54 bits per heavy atom. The number of aromatic nitrogens is 2. The average molecular weight is 374 g/mol. The van der Waals surface area contributed by atoms with E-state index in [4.69, 9.17) is 11.6 Å². The summed E-state index contributed by atoms with van der Waals surface area (Å²) in [4.78, 5) is 39.3. The third kappa shape index (κ3) is 3.57. The number of hydrogen-bond acceptors (Lipinski definition) is 3. The summed E-state index contributed by atoms with van der Waals surface area (Å²) in [7, 11) is 0. The zero-order chi connectivity index (χ0) is 18.7. The van der Waals surface area contributed by atoms with Gasteiger partial charge in [-0.1, -0.05) is 41.9 Å². The van der Waals surface area contributed by atoms with Gasteiger partial charge < -0.3 is 10.3 Å². The molecule has 0 unspecified atom stereocenters. The van der Waals surface area contributed by atoms with Crippen LogP contribution in [0.1, 0.15) is 15.9 Å². The Kier molecular flexibility index (Phi) is 4.99. The Hall–Kier alpha value is -3.19. The molecule has 6 nitrogen and oxygen atoms in total. The Balaban J connectivity index is 1.96. The molecular weight excluding hydrogens is 361 g/mol. The van der Waals surface area contributed by atoms with Crippen molar-refractivity contribution in [2.24, 2.45) is 0 Å². The lowest BCUT2D eigenvalue weighted by molar-refractivity contribution is 0.102. The number of aromatic amines is 1. The number of rotatable bonds is 4. The summed E-state index contributed by atoms with van der Waals surface area (Å²) in [5.41, 5.74) is -1.33. The van der Waals surface area contributed by atoms with Gasteiger partial charge in [-0.25, -0.2) is 9.18 Å². The highest BCUT2D eigenvalue weighted by Gasteiger charge is 2.17. The molecule has 0 bridgehead atoms. The molecule has 0 aliphatic heterocycles. The molecule has 26 heavy (non-hydrogen) atoms. The normalized spacial score (nSPS) is 10.5. The van der Waals surface area contributed by atoms with Crippen LogP contribution in [0.15, 0.2) is 64.3 Å². The maximum atomic E-state index is 13.7. The number of carbonyl (C=O) groups is 1. The zero-order valence-corrected chi connectivity index (χ0v) is 14.1. The van der Waals surface area contributed by atoms with Crippen LogP contribution < -0.4 is 16.6 Å². The van der Waals surface area contributed by atoms with Crippen LogP contribution in [0.4, 0.5) is 10.1 Å². The highest BCUT2D eigenvalue weighted by Crippen LogP contribution is 2.15. The first-order valence-electron chi connectivity index (χ1n) is 7.59. The largest absolute Gasteiger partial charge is 0.328 e. The average Bonchev–Trinajstić information content (AvgIpc) is 2.62. The molecule has 132 valence electrons. The Bertz CT molecular complexity index is 1090. The second kappa shape index (κ2) is 7.37. The fourth-order valence-electron chi connectivity index (χ4n) is 2.37. The first-order valence-corrected chi connectivity index (χ1v) is 7.97. The van der Waals surface area contributed by atoms with E-state index in [1.165, 1.54) is 18.2 Å². The monoisotopic (exact) mass is 373 g/mol. The van der Waals surface area contributed by atoms with Gasteiger partial charge in [-0.15, -0.1) is 0 Å². The molecule has 0 atom stereocenters. The summed E-state index contributed by atoms with van der Waals surface area (Å²) in [6.45, 7) is -0.103. The number of para-hydroxylation sites is 1. The molecule has 2 aromatic carbocycles. The molecule has 0 spiro atoms. The minimum absolute atomic E-state index is 0.0687. The fourth-order valence-corrected chi connectivity index (χ4v) is 2.56. The van der Waals surface area contributed by atoms with E-state index in [1.807, 2.05) is 0 Å². The zero-order valence-electron chi connectivity index (χ0n) is 13.3. The lowest BCUT2D eigenvalue weighted by Gasteiger charge is -2.09. The van der Waals surface area contributed by atoms with Crippen LogP contribution in [0, 0.1) is 5.82 Å². The van der Waals surface area contributed by atoms with Crippen LogP contribution >= 0.6 is 11.6 Å². The minimum atomic E-state index is -0.829. The van der Waals surface area contributed by atoms with Gasteiger partial charge in [-0.05, 0) is 23.8 Å². The number of amides is 1. The summed E-state index contributed by atoms with van der Waals surface area (Å²) in [5, 5.41) is 2.70. The van der Waals surface area contributed by atoms with Gasteiger partial charge in [-0.3, -0.25) is 14.2 Å². The van der Waals surface area contributed by atoms with E-state index < -0.39 is 23.0 Å². The Labute approximate surface area is 151 Å². The van der Waals surface area contributed by atoms with Crippen molar-refractivity contribution in [3.8, 4) is 0 Å².